The van der Waals surface area contributed by atoms with Crippen LogP contribution in [0.1, 0.15) is 42.5 Å². The standard InChI is InChI=1S/C14H18OS/c1-16-14-9-5-4-8-12(14)13(15)10-11-6-2-3-7-11/h4-5,8-9,11H,2-3,6-7,10H2,1H3. The molecule has 0 spiro atoms. The molecule has 1 aliphatic rings. The quantitative estimate of drug-likeness (QED) is 0.574. The third-order valence-electron chi connectivity index (χ3n) is 3.36. The van der Waals surface area contributed by atoms with E-state index in [2.05, 4.69) is 0 Å². The molecule has 0 N–H and O–H groups in total. The number of carbonyl (C=O) groups is 1. The highest BCUT2D eigenvalue weighted by Gasteiger charge is 2.20. The molecule has 16 heavy (non-hydrogen) atoms. The minimum absolute atomic E-state index is 0.330. The van der Waals surface area contributed by atoms with E-state index in [4.69, 9.17) is 0 Å². The third kappa shape index (κ3) is 2.67. The van der Waals surface area contributed by atoms with Crippen molar-refractivity contribution in [1.82, 2.24) is 0 Å². The lowest BCUT2D eigenvalue weighted by Gasteiger charge is -2.10. The number of rotatable bonds is 4. The van der Waals surface area contributed by atoms with Crippen LogP contribution in [0.3, 0.4) is 0 Å². The maximum atomic E-state index is 12.2. The summed E-state index contributed by atoms with van der Waals surface area (Å²) in [4.78, 5) is 13.3. The highest BCUT2D eigenvalue weighted by Crippen LogP contribution is 2.30. The van der Waals surface area contributed by atoms with Gasteiger partial charge in [0.1, 0.15) is 0 Å². The average molecular weight is 234 g/mol. The van der Waals surface area contributed by atoms with E-state index in [0.29, 0.717) is 11.7 Å². The molecule has 0 unspecified atom stereocenters. The predicted octanol–water partition coefficient (Wildman–Crippen LogP) is 4.17. The fourth-order valence-electron chi connectivity index (χ4n) is 2.46. The first kappa shape index (κ1) is 11.7. The summed E-state index contributed by atoms with van der Waals surface area (Å²) in [6.07, 6.45) is 7.88. The van der Waals surface area contributed by atoms with Crippen LogP contribution in [-0.4, -0.2) is 12.0 Å². The molecule has 2 rings (SSSR count). The Bertz CT molecular complexity index is 367. The van der Waals surface area contributed by atoms with Crippen LogP contribution in [0.4, 0.5) is 0 Å². The van der Waals surface area contributed by atoms with E-state index in [1.54, 1.807) is 11.8 Å². The van der Waals surface area contributed by atoms with Crippen molar-refractivity contribution in [2.75, 3.05) is 6.26 Å². The first-order valence-corrected chi connectivity index (χ1v) is 7.20. The lowest BCUT2D eigenvalue weighted by molar-refractivity contribution is 0.0959. The summed E-state index contributed by atoms with van der Waals surface area (Å²) < 4.78 is 0. The van der Waals surface area contributed by atoms with Gasteiger partial charge in [-0.05, 0) is 18.2 Å². The summed E-state index contributed by atoms with van der Waals surface area (Å²) in [6.45, 7) is 0. The van der Waals surface area contributed by atoms with Crippen molar-refractivity contribution < 1.29 is 4.79 Å². The number of hydrogen-bond acceptors (Lipinski definition) is 2. The molecule has 0 bridgehead atoms. The molecule has 0 radical (unpaired) electrons. The smallest absolute Gasteiger partial charge is 0.164 e. The zero-order valence-corrected chi connectivity index (χ0v) is 10.6. The first-order chi connectivity index (χ1) is 7.81. The monoisotopic (exact) mass is 234 g/mol. The number of ketones is 1. The van der Waals surface area contributed by atoms with Gasteiger partial charge in [0.2, 0.25) is 0 Å². The van der Waals surface area contributed by atoms with Crippen LogP contribution in [0.2, 0.25) is 0 Å². The zero-order chi connectivity index (χ0) is 11.4. The minimum atomic E-state index is 0.330. The SMILES string of the molecule is CSc1ccccc1C(=O)CC1CCCC1. The Labute approximate surface area is 102 Å². The van der Waals surface area contributed by atoms with E-state index < -0.39 is 0 Å². The summed E-state index contributed by atoms with van der Waals surface area (Å²) >= 11 is 1.66. The molecule has 86 valence electrons. The maximum absolute atomic E-state index is 12.2. The summed E-state index contributed by atoms with van der Waals surface area (Å²) in [7, 11) is 0. The Morgan fingerprint density at radius 2 is 2.00 bits per heavy atom. The zero-order valence-electron chi connectivity index (χ0n) is 9.74. The molecule has 1 fully saturated rings. The highest BCUT2D eigenvalue weighted by molar-refractivity contribution is 7.98. The summed E-state index contributed by atoms with van der Waals surface area (Å²) in [5.41, 5.74) is 0.918. The Kier molecular flexibility index (Phi) is 4.05. The van der Waals surface area contributed by atoms with Crippen LogP contribution in [0.5, 0.6) is 0 Å². The van der Waals surface area contributed by atoms with Gasteiger partial charge in [-0.25, -0.2) is 0 Å². The van der Waals surface area contributed by atoms with E-state index in [-0.39, 0.29) is 0 Å². The molecule has 0 aliphatic heterocycles. The van der Waals surface area contributed by atoms with Crippen molar-refractivity contribution in [3.8, 4) is 0 Å². The fraction of sp³-hybridized carbons (Fsp3) is 0.500. The molecule has 1 nitrogen and oxygen atoms in total. The van der Waals surface area contributed by atoms with Crippen LogP contribution < -0.4 is 0 Å². The molecule has 1 aliphatic carbocycles. The summed E-state index contributed by atoms with van der Waals surface area (Å²) in [6, 6.07) is 7.95. The Hall–Kier alpha value is -0.760. The van der Waals surface area contributed by atoms with Gasteiger partial charge in [-0.1, -0.05) is 43.9 Å². The van der Waals surface area contributed by atoms with Crippen LogP contribution in [0, 0.1) is 5.92 Å². The normalized spacial score (nSPS) is 16.6. The lowest BCUT2D eigenvalue weighted by atomic mass is 9.97. The second-order valence-corrected chi connectivity index (χ2v) is 5.33. The van der Waals surface area contributed by atoms with Crippen LogP contribution in [-0.2, 0) is 0 Å². The highest BCUT2D eigenvalue weighted by atomic mass is 32.2. The minimum Gasteiger partial charge on any atom is -0.294 e. The predicted molar refractivity (Wildman–Crippen MR) is 69.1 cm³/mol. The Balaban J connectivity index is 2.07. The molecule has 0 atom stereocenters. The van der Waals surface area contributed by atoms with Crippen LogP contribution in [0.15, 0.2) is 29.2 Å². The molecule has 2 heteroatoms. The van der Waals surface area contributed by atoms with Gasteiger partial charge >= 0.3 is 0 Å². The second-order valence-electron chi connectivity index (χ2n) is 4.48. The van der Waals surface area contributed by atoms with Crippen molar-refractivity contribution >= 4 is 17.5 Å². The van der Waals surface area contributed by atoms with Crippen LogP contribution in [0.25, 0.3) is 0 Å². The Morgan fingerprint density at radius 3 is 2.69 bits per heavy atom. The first-order valence-electron chi connectivity index (χ1n) is 5.97. The molecule has 0 heterocycles. The number of hydrogen-bond donors (Lipinski definition) is 0. The molecule has 0 saturated heterocycles. The molecule has 1 saturated carbocycles. The second kappa shape index (κ2) is 5.53. The topological polar surface area (TPSA) is 17.1 Å². The maximum Gasteiger partial charge on any atom is 0.164 e. The number of benzene rings is 1. The molecule has 0 amide bonds. The van der Waals surface area contributed by atoms with E-state index >= 15 is 0 Å². The molecule has 0 aromatic heterocycles. The number of thioether (sulfide) groups is 1. The molecular formula is C14H18OS. The van der Waals surface area contributed by atoms with E-state index in [9.17, 15) is 4.79 Å². The fourth-order valence-corrected chi connectivity index (χ4v) is 3.08. The van der Waals surface area contributed by atoms with E-state index in [1.165, 1.54) is 25.7 Å². The third-order valence-corrected chi connectivity index (χ3v) is 4.15. The van der Waals surface area contributed by atoms with Crippen molar-refractivity contribution in [1.29, 1.82) is 0 Å². The van der Waals surface area contributed by atoms with Gasteiger partial charge in [0.05, 0.1) is 0 Å². The Morgan fingerprint density at radius 1 is 1.31 bits per heavy atom. The van der Waals surface area contributed by atoms with Crippen molar-refractivity contribution in [3.63, 3.8) is 0 Å². The summed E-state index contributed by atoms with van der Waals surface area (Å²) in [5, 5.41) is 0. The van der Waals surface area contributed by atoms with Gasteiger partial charge in [0.15, 0.2) is 5.78 Å². The van der Waals surface area contributed by atoms with E-state index in [1.807, 2.05) is 30.5 Å². The lowest BCUT2D eigenvalue weighted by Crippen LogP contribution is -2.06. The van der Waals surface area contributed by atoms with Gasteiger partial charge in [0.25, 0.3) is 0 Å². The van der Waals surface area contributed by atoms with Gasteiger partial charge in [-0.2, -0.15) is 0 Å². The van der Waals surface area contributed by atoms with Gasteiger partial charge < -0.3 is 0 Å². The van der Waals surface area contributed by atoms with Gasteiger partial charge in [-0.15, -0.1) is 11.8 Å². The number of carbonyl (C=O) groups excluding carboxylic acids is 1. The van der Waals surface area contributed by atoms with Crippen LogP contribution >= 0.6 is 11.8 Å². The summed E-state index contributed by atoms with van der Waals surface area (Å²) in [5.74, 6) is 0.972. The average Bonchev–Trinajstić information content (AvgIpc) is 2.81. The van der Waals surface area contributed by atoms with Crippen molar-refractivity contribution in [2.24, 2.45) is 5.92 Å². The molecular weight excluding hydrogens is 216 g/mol. The molecule has 1 aromatic carbocycles. The van der Waals surface area contributed by atoms with Crippen molar-refractivity contribution in [3.05, 3.63) is 29.8 Å². The van der Waals surface area contributed by atoms with Gasteiger partial charge in [0, 0.05) is 16.9 Å². The van der Waals surface area contributed by atoms with E-state index in [0.717, 1.165) is 16.9 Å². The van der Waals surface area contributed by atoms with Crippen molar-refractivity contribution in [2.45, 2.75) is 37.0 Å². The number of Topliss-reactive ketones (excluding diaryl/α,β-unsaturated/α-hetero) is 1. The molecule has 1 aromatic rings. The largest absolute Gasteiger partial charge is 0.294 e. The van der Waals surface area contributed by atoms with Gasteiger partial charge in [-0.3, -0.25) is 4.79 Å².